The van der Waals surface area contributed by atoms with Gasteiger partial charge in [0.1, 0.15) is 5.82 Å². The second-order valence-corrected chi connectivity index (χ2v) is 1.85. The van der Waals surface area contributed by atoms with Crippen LogP contribution in [-0.4, -0.2) is 17.2 Å². The van der Waals surface area contributed by atoms with Crippen LogP contribution < -0.4 is 5.46 Å². The van der Waals surface area contributed by atoms with Crippen LogP contribution >= 0.6 is 0 Å². The van der Waals surface area contributed by atoms with Crippen LogP contribution in [0.5, 0.6) is 0 Å². The fraction of sp³-hybridized carbons (Fsp3) is 0.143. The minimum atomic E-state index is -3.01. The summed E-state index contributed by atoms with van der Waals surface area (Å²) < 4.78 is 56.6. The molecule has 2 nitrogen and oxygen atoms in total. The summed E-state index contributed by atoms with van der Waals surface area (Å²) in [5.74, 6) is -1.55. The van der Waals surface area contributed by atoms with Crippen LogP contribution in [0.2, 0.25) is 0 Å². The zero-order valence-electron chi connectivity index (χ0n) is 11.3. The zero-order chi connectivity index (χ0) is 13.5. The summed E-state index contributed by atoms with van der Waals surface area (Å²) in [4.78, 5) is 0. The molecule has 0 amide bonds. The quantitative estimate of drug-likeness (QED) is 0.559. The average molecular weight is 160 g/mol. The molecule has 58 valence electrons. The lowest BCUT2D eigenvalue weighted by Crippen LogP contribution is -2.33. The highest BCUT2D eigenvalue weighted by Crippen LogP contribution is 2.01. The maximum atomic E-state index is 13.7. The van der Waals surface area contributed by atoms with Gasteiger partial charge in [-0.05, 0) is 12.4 Å². The molecule has 0 fully saturated rings. The molecule has 4 heteroatoms. The van der Waals surface area contributed by atoms with Gasteiger partial charge < -0.3 is 10.0 Å². The Hall–Kier alpha value is -0.865. The van der Waals surface area contributed by atoms with Crippen LogP contribution in [0.25, 0.3) is 0 Å². The maximum absolute atomic E-state index is 13.7. The Morgan fingerprint density at radius 2 is 2.36 bits per heavy atom. The second kappa shape index (κ2) is 3.03. The highest BCUT2D eigenvalue weighted by atomic mass is 19.1. The average Bonchev–Trinajstić information content (AvgIpc) is 2.11. The first-order chi connectivity index (χ1) is 7.59. The molecule has 1 rings (SSSR count). The molecule has 0 aliphatic rings. The van der Waals surface area contributed by atoms with E-state index in [9.17, 15) is 4.39 Å². The van der Waals surface area contributed by atoms with Crippen molar-refractivity contribution in [3.8, 4) is 0 Å². The highest BCUT2D eigenvalue weighted by Gasteiger charge is 2.16. The molecule has 11 heavy (non-hydrogen) atoms. The molecule has 0 aliphatic carbocycles. The van der Waals surface area contributed by atoms with E-state index >= 15 is 0 Å². The van der Waals surface area contributed by atoms with Crippen LogP contribution in [0, 0.1) is 12.7 Å². The maximum Gasteiger partial charge on any atom is 0.491 e. The topological polar surface area (TPSA) is 40.5 Å². The van der Waals surface area contributed by atoms with E-state index in [0.29, 0.717) is 0 Å². The van der Waals surface area contributed by atoms with Gasteiger partial charge in [-0.25, -0.2) is 4.39 Å². The Labute approximate surface area is 72.9 Å². The van der Waals surface area contributed by atoms with Crippen molar-refractivity contribution in [2.75, 3.05) is 0 Å². The summed E-state index contributed by atoms with van der Waals surface area (Å²) in [7, 11) is -2.41. The van der Waals surface area contributed by atoms with Crippen molar-refractivity contribution in [2.24, 2.45) is 0 Å². The summed E-state index contributed by atoms with van der Waals surface area (Å²) in [6.45, 7) is -3.01. The Morgan fingerprint density at radius 3 is 2.91 bits per heavy atom. The fourth-order valence-electron chi connectivity index (χ4n) is 0.583. The van der Waals surface area contributed by atoms with Gasteiger partial charge in [0, 0.05) is 9.58 Å². The molecule has 1 aromatic carbocycles. The second-order valence-electron chi connectivity index (χ2n) is 1.85. The summed E-state index contributed by atoms with van der Waals surface area (Å²) >= 11 is 0. The lowest BCUT2D eigenvalue weighted by Gasteiger charge is -2.02. The number of benzene rings is 1. The van der Waals surface area contributed by atoms with Gasteiger partial charge in [0.05, 0.1) is 4.11 Å². The van der Waals surface area contributed by atoms with Gasteiger partial charge in [-0.2, -0.15) is 0 Å². The summed E-state index contributed by atoms with van der Waals surface area (Å²) in [6, 6.07) is -2.71. The molecule has 0 radical (unpaired) electrons. The molecular weight excluding hydrogens is 146 g/mol. The molecule has 0 atom stereocenters. The predicted molar refractivity (Wildman–Crippen MR) is 41.0 cm³/mol. The van der Waals surface area contributed by atoms with Gasteiger partial charge >= 0.3 is 7.12 Å². The van der Waals surface area contributed by atoms with Gasteiger partial charge in [0.2, 0.25) is 0 Å². The van der Waals surface area contributed by atoms with E-state index in [1.165, 1.54) is 0 Å². The SMILES string of the molecule is [2H]c1c([2H])c(B(O)O)c(F)c(C([2H])([2H])[2H])c1[2H]. The first-order valence-corrected chi connectivity index (χ1v) is 2.74. The standard InChI is InChI=1S/C7H8BFO2/c1-5-3-2-4-6(7(5)9)8(10)11/h2-4,10-11H,1H3/i1D3,2D,3D,4D. The summed E-state index contributed by atoms with van der Waals surface area (Å²) in [5.41, 5.74) is -2.08. The number of hydrogen-bond donors (Lipinski definition) is 2. The van der Waals surface area contributed by atoms with Crippen molar-refractivity contribution in [3.63, 3.8) is 0 Å². The summed E-state index contributed by atoms with van der Waals surface area (Å²) in [6.07, 6.45) is 0. The van der Waals surface area contributed by atoms with Crippen LogP contribution in [0.1, 0.15) is 13.8 Å². The van der Waals surface area contributed by atoms with Gasteiger partial charge in [-0.3, -0.25) is 0 Å². The van der Waals surface area contributed by atoms with Crippen molar-refractivity contribution < 1.29 is 22.7 Å². The minimum absolute atomic E-state index is 0.861. The number of hydrogen-bond acceptors (Lipinski definition) is 2. The van der Waals surface area contributed by atoms with Gasteiger partial charge in [0.25, 0.3) is 0 Å². The lowest BCUT2D eigenvalue weighted by molar-refractivity contribution is 0.423. The fourth-order valence-corrected chi connectivity index (χ4v) is 0.583. The van der Waals surface area contributed by atoms with Gasteiger partial charge in [0.15, 0.2) is 0 Å². The highest BCUT2D eigenvalue weighted by molar-refractivity contribution is 6.58. The van der Waals surface area contributed by atoms with Crippen LogP contribution in [0.3, 0.4) is 0 Å². The Balaban J connectivity index is 3.75. The van der Waals surface area contributed by atoms with Crippen LogP contribution in [0.4, 0.5) is 4.39 Å². The summed E-state index contributed by atoms with van der Waals surface area (Å²) in [5, 5.41) is 17.7. The number of halogens is 1. The Kier molecular flexibility index (Phi) is 0.894. The number of rotatable bonds is 1. The molecular formula is C7H8BFO2. The molecule has 0 spiro atoms. The molecule has 0 unspecified atom stereocenters. The van der Waals surface area contributed by atoms with Gasteiger partial charge in [-0.1, -0.05) is 18.1 Å². The van der Waals surface area contributed by atoms with Gasteiger partial charge in [-0.15, -0.1) is 0 Å². The predicted octanol–water partition coefficient (Wildman–Crippen LogP) is -0.186. The van der Waals surface area contributed by atoms with Crippen molar-refractivity contribution in [1.29, 1.82) is 0 Å². The third-order valence-electron chi connectivity index (χ3n) is 1.10. The van der Waals surface area contributed by atoms with E-state index in [1.807, 2.05) is 0 Å². The van der Waals surface area contributed by atoms with Crippen molar-refractivity contribution in [1.82, 2.24) is 0 Å². The smallest absolute Gasteiger partial charge is 0.423 e. The van der Waals surface area contributed by atoms with Crippen molar-refractivity contribution in [2.45, 2.75) is 6.85 Å². The zero-order valence-corrected chi connectivity index (χ0v) is 5.35. The first kappa shape index (κ1) is 3.25. The van der Waals surface area contributed by atoms with Crippen molar-refractivity contribution >= 4 is 12.6 Å². The minimum Gasteiger partial charge on any atom is -0.423 e. The molecule has 0 saturated heterocycles. The van der Waals surface area contributed by atoms with Crippen LogP contribution in [0.15, 0.2) is 18.1 Å². The molecule has 2 N–H and O–H groups in total. The molecule has 0 heterocycles. The molecule has 0 saturated carbocycles. The molecule has 0 aromatic heterocycles. The van der Waals surface area contributed by atoms with Crippen molar-refractivity contribution in [3.05, 3.63) is 29.5 Å². The van der Waals surface area contributed by atoms with E-state index in [1.54, 1.807) is 0 Å². The monoisotopic (exact) mass is 160 g/mol. The largest absolute Gasteiger partial charge is 0.491 e. The lowest BCUT2D eigenvalue weighted by atomic mass is 9.79. The van der Waals surface area contributed by atoms with E-state index in [2.05, 4.69) is 0 Å². The molecule has 0 bridgehead atoms. The Morgan fingerprint density at radius 1 is 1.64 bits per heavy atom. The first-order valence-electron chi connectivity index (χ1n) is 5.74. The normalized spacial score (nSPS) is 18.8. The van der Waals surface area contributed by atoms with Crippen LogP contribution in [-0.2, 0) is 0 Å². The Bertz CT molecular complexity index is 461. The molecule has 1 aromatic rings. The van der Waals surface area contributed by atoms with E-state index in [4.69, 9.17) is 18.3 Å². The third kappa shape index (κ3) is 1.58. The van der Waals surface area contributed by atoms with E-state index in [0.717, 1.165) is 0 Å². The van der Waals surface area contributed by atoms with E-state index in [-0.39, 0.29) is 0 Å². The third-order valence-corrected chi connectivity index (χ3v) is 1.10. The molecule has 0 aliphatic heterocycles. The van der Waals surface area contributed by atoms with E-state index < -0.39 is 48.9 Å².